The van der Waals surface area contributed by atoms with Gasteiger partial charge in [-0.15, -0.1) is 0 Å². The number of hydrogen-bond donors (Lipinski definition) is 1. The van der Waals surface area contributed by atoms with Crippen LogP contribution in [-0.2, 0) is 15.9 Å². The second-order valence-electron chi connectivity index (χ2n) is 2.95. The lowest BCUT2D eigenvalue weighted by atomic mass is 10.0. The maximum atomic E-state index is 11.4. The molecular weight excluding hydrogens is 194 g/mol. The molecule has 0 aromatic heterocycles. The Morgan fingerprint density at radius 1 is 1.27 bits per heavy atom. The predicted molar refractivity (Wildman–Crippen MR) is 56.2 cm³/mol. The topological polar surface area (TPSA) is 59.4 Å². The standard InChI is InChI=1S/C11H13NO3/c1-14-10(12)7-8-5-3-4-6-9(8)11(13)15-2/h3-6,12H,7H2,1-2H3. The third kappa shape index (κ3) is 2.80. The molecule has 0 fully saturated rings. The van der Waals surface area contributed by atoms with Gasteiger partial charge in [0.15, 0.2) is 5.90 Å². The first-order chi connectivity index (χ1) is 7.19. The molecule has 0 spiro atoms. The molecule has 1 rings (SSSR count). The summed E-state index contributed by atoms with van der Waals surface area (Å²) >= 11 is 0. The molecule has 0 aliphatic carbocycles. The molecule has 0 heterocycles. The fourth-order valence-electron chi connectivity index (χ4n) is 1.23. The molecule has 0 saturated heterocycles. The third-order valence-electron chi connectivity index (χ3n) is 2.02. The number of carbonyl (C=O) groups is 1. The fraction of sp³-hybridized carbons (Fsp3) is 0.273. The van der Waals surface area contributed by atoms with Crippen molar-refractivity contribution in [3.8, 4) is 0 Å². The summed E-state index contributed by atoms with van der Waals surface area (Å²) in [6.45, 7) is 0. The van der Waals surface area contributed by atoms with Crippen molar-refractivity contribution in [2.75, 3.05) is 14.2 Å². The fourth-order valence-corrected chi connectivity index (χ4v) is 1.23. The Balaban J connectivity index is 2.96. The molecule has 1 aromatic carbocycles. The average molecular weight is 207 g/mol. The van der Waals surface area contributed by atoms with Gasteiger partial charge >= 0.3 is 5.97 Å². The number of esters is 1. The monoisotopic (exact) mass is 207 g/mol. The van der Waals surface area contributed by atoms with Crippen molar-refractivity contribution >= 4 is 11.9 Å². The zero-order chi connectivity index (χ0) is 11.3. The Hall–Kier alpha value is -1.84. The van der Waals surface area contributed by atoms with Crippen LogP contribution < -0.4 is 0 Å². The SMILES string of the molecule is COC(=N)Cc1ccccc1C(=O)OC. The van der Waals surface area contributed by atoms with Gasteiger partial charge in [-0.1, -0.05) is 18.2 Å². The van der Waals surface area contributed by atoms with Crippen LogP contribution in [0.25, 0.3) is 0 Å². The van der Waals surface area contributed by atoms with E-state index < -0.39 is 5.97 Å². The van der Waals surface area contributed by atoms with Gasteiger partial charge in [-0.3, -0.25) is 5.41 Å². The Bertz CT molecular complexity index is 374. The van der Waals surface area contributed by atoms with E-state index in [0.29, 0.717) is 12.0 Å². The minimum Gasteiger partial charge on any atom is -0.484 e. The number of hydrogen-bond acceptors (Lipinski definition) is 4. The molecule has 0 unspecified atom stereocenters. The minimum atomic E-state index is -0.394. The van der Waals surface area contributed by atoms with Gasteiger partial charge in [0.1, 0.15) is 0 Å². The lowest BCUT2D eigenvalue weighted by Gasteiger charge is -2.07. The Kier molecular flexibility index (Phi) is 3.85. The number of carbonyl (C=O) groups excluding carboxylic acids is 1. The van der Waals surface area contributed by atoms with Crippen molar-refractivity contribution < 1.29 is 14.3 Å². The van der Waals surface area contributed by atoms with Crippen molar-refractivity contribution in [1.82, 2.24) is 0 Å². The van der Waals surface area contributed by atoms with E-state index in [0.717, 1.165) is 5.56 Å². The predicted octanol–water partition coefficient (Wildman–Crippen LogP) is 1.64. The second-order valence-corrected chi connectivity index (χ2v) is 2.95. The van der Waals surface area contributed by atoms with Crippen LogP contribution in [0.2, 0.25) is 0 Å². The molecule has 4 heteroatoms. The molecule has 15 heavy (non-hydrogen) atoms. The van der Waals surface area contributed by atoms with Crippen molar-refractivity contribution in [1.29, 1.82) is 5.41 Å². The van der Waals surface area contributed by atoms with E-state index in [-0.39, 0.29) is 5.90 Å². The summed E-state index contributed by atoms with van der Waals surface area (Å²) in [4.78, 5) is 11.4. The van der Waals surface area contributed by atoms with Crippen molar-refractivity contribution in [2.45, 2.75) is 6.42 Å². The largest absolute Gasteiger partial charge is 0.484 e. The zero-order valence-corrected chi connectivity index (χ0v) is 8.74. The van der Waals surface area contributed by atoms with Gasteiger partial charge in [-0.2, -0.15) is 0 Å². The molecule has 0 radical (unpaired) electrons. The highest BCUT2D eigenvalue weighted by Crippen LogP contribution is 2.11. The van der Waals surface area contributed by atoms with Gasteiger partial charge < -0.3 is 9.47 Å². The molecule has 0 amide bonds. The number of ether oxygens (including phenoxy) is 2. The smallest absolute Gasteiger partial charge is 0.338 e. The molecular formula is C11H13NO3. The highest BCUT2D eigenvalue weighted by atomic mass is 16.5. The van der Waals surface area contributed by atoms with Gasteiger partial charge in [0.2, 0.25) is 0 Å². The quantitative estimate of drug-likeness (QED) is 0.465. The Morgan fingerprint density at radius 3 is 2.53 bits per heavy atom. The van der Waals surface area contributed by atoms with Crippen LogP contribution in [0, 0.1) is 5.41 Å². The van der Waals surface area contributed by atoms with E-state index in [4.69, 9.17) is 10.1 Å². The Morgan fingerprint density at radius 2 is 1.93 bits per heavy atom. The number of rotatable bonds is 3. The third-order valence-corrected chi connectivity index (χ3v) is 2.02. The van der Waals surface area contributed by atoms with Crippen LogP contribution in [0.4, 0.5) is 0 Å². The summed E-state index contributed by atoms with van der Waals surface area (Å²) in [6, 6.07) is 7.01. The van der Waals surface area contributed by atoms with Crippen molar-refractivity contribution in [3.63, 3.8) is 0 Å². The van der Waals surface area contributed by atoms with Gasteiger partial charge in [-0.05, 0) is 11.6 Å². The summed E-state index contributed by atoms with van der Waals surface area (Å²) in [7, 11) is 2.77. The van der Waals surface area contributed by atoms with Crippen molar-refractivity contribution in [2.24, 2.45) is 0 Å². The number of nitrogens with one attached hydrogen (secondary N) is 1. The lowest BCUT2D eigenvalue weighted by Crippen LogP contribution is -2.10. The van der Waals surface area contributed by atoms with Crippen LogP contribution in [0.15, 0.2) is 24.3 Å². The minimum absolute atomic E-state index is 0.117. The van der Waals surface area contributed by atoms with Gasteiger partial charge in [-0.25, -0.2) is 4.79 Å². The van der Waals surface area contributed by atoms with E-state index in [1.807, 2.05) is 6.07 Å². The van der Waals surface area contributed by atoms with Gasteiger partial charge in [0.05, 0.1) is 19.8 Å². The summed E-state index contributed by atoms with van der Waals surface area (Å²) in [5.74, 6) is -0.277. The first-order valence-electron chi connectivity index (χ1n) is 4.46. The zero-order valence-electron chi connectivity index (χ0n) is 8.74. The molecule has 4 nitrogen and oxygen atoms in total. The van der Waals surface area contributed by atoms with E-state index in [1.165, 1.54) is 14.2 Å². The summed E-state index contributed by atoms with van der Waals surface area (Å²) < 4.78 is 9.40. The highest BCUT2D eigenvalue weighted by Gasteiger charge is 2.12. The molecule has 1 N–H and O–H groups in total. The molecule has 0 bridgehead atoms. The summed E-state index contributed by atoms with van der Waals surface area (Å²) in [6.07, 6.45) is 0.293. The molecule has 80 valence electrons. The molecule has 0 atom stereocenters. The number of benzene rings is 1. The normalized spacial score (nSPS) is 9.47. The van der Waals surface area contributed by atoms with E-state index >= 15 is 0 Å². The first kappa shape index (κ1) is 11.2. The second kappa shape index (κ2) is 5.14. The Labute approximate surface area is 88.3 Å². The van der Waals surface area contributed by atoms with Gasteiger partial charge in [0.25, 0.3) is 0 Å². The van der Waals surface area contributed by atoms with E-state index in [1.54, 1.807) is 18.2 Å². The van der Waals surface area contributed by atoms with Gasteiger partial charge in [0, 0.05) is 6.42 Å². The van der Waals surface area contributed by atoms with Crippen LogP contribution in [0.1, 0.15) is 15.9 Å². The lowest BCUT2D eigenvalue weighted by molar-refractivity contribution is 0.0599. The highest BCUT2D eigenvalue weighted by molar-refractivity contribution is 5.92. The summed E-state index contributed by atoms with van der Waals surface area (Å²) in [5.41, 5.74) is 1.21. The number of methoxy groups -OCH3 is 2. The molecule has 0 saturated carbocycles. The van der Waals surface area contributed by atoms with E-state index in [9.17, 15) is 4.79 Å². The first-order valence-corrected chi connectivity index (χ1v) is 4.46. The van der Waals surface area contributed by atoms with Crippen molar-refractivity contribution in [3.05, 3.63) is 35.4 Å². The molecule has 0 aliphatic heterocycles. The summed E-state index contributed by atoms with van der Waals surface area (Å²) in [5, 5.41) is 7.40. The maximum absolute atomic E-state index is 11.4. The maximum Gasteiger partial charge on any atom is 0.338 e. The van der Waals surface area contributed by atoms with E-state index in [2.05, 4.69) is 4.74 Å². The molecule has 1 aromatic rings. The van der Waals surface area contributed by atoms with Crippen LogP contribution in [0.3, 0.4) is 0 Å². The van der Waals surface area contributed by atoms with Crippen LogP contribution in [-0.4, -0.2) is 26.1 Å². The van der Waals surface area contributed by atoms with Crippen LogP contribution >= 0.6 is 0 Å². The molecule has 0 aliphatic rings. The average Bonchev–Trinajstić information content (AvgIpc) is 2.28. The van der Waals surface area contributed by atoms with Crippen LogP contribution in [0.5, 0.6) is 0 Å².